The molecular weight excluding hydrogens is 347 g/mol. The van der Waals surface area contributed by atoms with Crippen molar-refractivity contribution in [3.63, 3.8) is 0 Å². The van der Waals surface area contributed by atoms with Crippen molar-refractivity contribution < 1.29 is 4.92 Å². The fourth-order valence-corrected chi connectivity index (χ4v) is 4.26. The first-order valence-electron chi connectivity index (χ1n) is 7.71. The highest BCUT2D eigenvalue weighted by molar-refractivity contribution is 6.33. The molecule has 0 bridgehead atoms. The molecule has 2 aromatic rings. The molecule has 0 unspecified atom stereocenters. The fraction of sp³-hybridized carbons (Fsp3) is 0.222. The zero-order valence-electron chi connectivity index (χ0n) is 12.6. The highest BCUT2D eigenvalue weighted by Gasteiger charge is 2.42. The predicted molar refractivity (Wildman–Crippen MR) is 95.9 cm³/mol. The topological polar surface area (TPSA) is 55.2 Å². The molecule has 0 amide bonds. The summed E-state index contributed by atoms with van der Waals surface area (Å²) in [6.07, 6.45) is 5.01. The lowest BCUT2D eigenvalue weighted by Gasteiger charge is -2.37. The molecule has 3 atom stereocenters. The van der Waals surface area contributed by atoms with Crippen LogP contribution < -0.4 is 5.32 Å². The summed E-state index contributed by atoms with van der Waals surface area (Å²) in [5.41, 5.74) is 2.52. The van der Waals surface area contributed by atoms with Crippen LogP contribution >= 0.6 is 23.2 Å². The highest BCUT2D eigenvalue weighted by atomic mass is 35.5. The Morgan fingerprint density at radius 2 is 2.04 bits per heavy atom. The van der Waals surface area contributed by atoms with Gasteiger partial charge in [0.2, 0.25) is 0 Å². The van der Waals surface area contributed by atoms with Gasteiger partial charge in [0.1, 0.15) is 0 Å². The Hall–Kier alpha value is -2.04. The Morgan fingerprint density at radius 3 is 2.79 bits per heavy atom. The number of hydrogen-bond acceptors (Lipinski definition) is 3. The van der Waals surface area contributed by atoms with Gasteiger partial charge in [-0.3, -0.25) is 10.1 Å². The molecule has 0 spiro atoms. The molecule has 2 aromatic carbocycles. The van der Waals surface area contributed by atoms with E-state index in [1.54, 1.807) is 6.07 Å². The SMILES string of the molecule is O=[N+]([O-])c1ccc(Cl)c2c1[C@@H]1C=CC[C@@H]1[C@@H](c1cccc(Cl)c1)N2. The average molecular weight is 361 g/mol. The highest BCUT2D eigenvalue weighted by Crippen LogP contribution is 2.54. The van der Waals surface area contributed by atoms with Gasteiger partial charge in [-0.15, -0.1) is 0 Å². The summed E-state index contributed by atoms with van der Waals surface area (Å²) in [6.45, 7) is 0. The quantitative estimate of drug-likeness (QED) is 0.422. The van der Waals surface area contributed by atoms with E-state index in [4.69, 9.17) is 23.2 Å². The molecule has 1 aliphatic heterocycles. The predicted octanol–water partition coefficient (Wildman–Crippen LogP) is 5.73. The minimum Gasteiger partial charge on any atom is -0.376 e. The second kappa shape index (κ2) is 5.80. The second-order valence-electron chi connectivity index (χ2n) is 6.14. The van der Waals surface area contributed by atoms with Crippen molar-refractivity contribution >= 4 is 34.6 Å². The van der Waals surface area contributed by atoms with E-state index in [1.807, 2.05) is 24.3 Å². The molecule has 24 heavy (non-hydrogen) atoms. The maximum Gasteiger partial charge on any atom is 0.275 e. The van der Waals surface area contributed by atoms with E-state index in [0.717, 1.165) is 12.0 Å². The van der Waals surface area contributed by atoms with Gasteiger partial charge in [-0.1, -0.05) is 47.5 Å². The van der Waals surface area contributed by atoms with Gasteiger partial charge in [-0.05, 0) is 36.1 Å². The molecule has 0 aromatic heterocycles. The Bertz CT molecular complexity index is 866. The third-order valence-electron chi connectivity index (χ3n) is 4.85. The molecule has 4 rings (SSSR count). The largest absolute Gasteiger partial charge is 0.376 e. The molecule has 1 heterocycles. The first-order chi connectivity index (χ1) is 11.6. The third kappa shape index (κ3) is 2.38. The van der Waals surface area contributed by atoms with Gasteiger partial charge in [0.25, 0.3) is 5.69 Å². The first-order valence-corrected chi connectivity index (χ1v) is 8.47. The minimum absolute atomic E-state index is 0.00991. The van der Waals surface area contributed by atoms with Gasteiger partial charge in [0, 0.05) is 17.0 Å². The number of allylic oxidation sites excluding steroid dienone is 2. The van der Waals surface area contributed by atoms with Crippen molar-refractivity contribution in [2.45, 2.75) is 18.4 Å². The van der Waals surface area contributed by atoms with E-state index in [-0.39, 0.29) is 28.5 Å². The average Bonchev–Trinajstić information content (AvgIpc) is 3.04. The fourth-order valence-electron chi connectivity index (χ4n) is 3.84. The van der Waals surface area contributed by atoms with E-state index in [0.29, 0.717) is 21.3 Å². The van der Waals surface area contributed by atoms with Crippen LogP contribution in [0.15, 0.2) is 48.6 Å². The zero-order chi connectivity index (χ0) is 16.8. The van der Waals surface area contributed by atoms with E-state index >= 15 is 0 Å². The number of nitrogens with zero attached hydrogens (tertiary/aromatic N) is 1. The summed E-state index contributed by atoms with van der Waals surface area (Å²) in [5, 5.41) is 16.1. The van der Waals surface area contributed by atoms with Crippen LogP contribution in [0.25, 0.3) is 0 Å². The molecule has 6 heteroatoms. The normalized spacial score (nSPS) is 24.2. The van der Waals surface area contributed by atoms with Crippen LogP contribution in [0.1, 0.15) is 29.5 Å². The maximum absolute atomic E-state index is 11.5. The third-order valence-corrected chi connectivity index (χ3v) is 5.40. The van der Waals surface area contributed by atoms with E-state index in [1.165, 1.54) is 6.07 Å². The van der Waals surface area contributed by atoms with Gasteiger partial charge in [-0.2, -0.15) is 0 Å². The molecule has 1 N–H and O–H groups in total. The molecular formula is C18H14Cl2N2O2. The van der Waals surface area contributed by atoms with E-state index in [9.17, 15) is 10.1 Å². The Balaban J connectivity index is 1.88. The minimum atomic E-state index is -0.334. The number of nitrogens with one attached hydrogen (secondary N) is 1. The zero-order valence-corrected chi connectivity index (χ0v) is 14.1. The maximum atomic E-state index is 11.5. The molecule has 0 saturated heterocycles. The van der Waals surface area contributed by atoms with Crippen molar-refractivity contribution in [3.8, 4) is 0 Å². The van der Waals surface area contributed by atoms with Crippen LogP contribution in [0.2, 0.25) is 10.0 Å². The molecule has 4 nitrogen and oxygen atoms in total. The Morgan fingerprint density at radius 1 is 1.21 bits per heavy atom. The summed E-state index contributed by atoms with van der Waals surface area (Å²) in [7, 11) is 0. The number of fused-ring (bicyclic) bond motifs is 3. The summed E-state index contributed by atoms with van der Waals surface area (Å²) in [6, 6.07) is 10.8. The number of benzene rings is 2. The number of anilines is 1. The number of rotatable bonds is 2. The standard InChI is InChI=1S/C18H14Cl2N2O2/c19-11-4-1-3-10(9-11)17-13-6-2-5-12(13)16-15(22(23)24)8-7-14(20)18(16)21-17/h1-5,7-9,12-13,17,21H,6H2/t12-,13+,17-/m1/s1. The van der Waals surface area contributed by atoms with Gasteiger partial charge < -0.3 is 5.32 Å². The summed E-state index contributed by atoms with van der Waals surface area (Å²) < 4.78 is 0. The molecule has 0 fully saturated rings. The summed E-state index contributed by atoms with van der Waals surface area (Å²) in [5.74, 6) is 0.178. The molecule has 0 saturated carbocycles. The first kappa shape index (κ1) is 15.5. The van der Waals surface area contributed by atoms with Crippen LogP contribution in [-0.4, -0.2) is 4.92 Å². The summed E-state index contributed by atoms with van der Waals surface area (Å²) >= 11 is 12.5. The Kier molecular flexibility index (Phi) is 3.74. The smallest absolute Gasteiger partial charge is 0.275 e. The molecule has 0 radical (unpaired) electrons. The van der Waals surface area contributed by atoms with Crippen molar-refractivity contribution in [2.75, 3.05) is 5.32 Å². The lowest BCUT2D eigenvalue weighted by atomic mass is 9.76. The molecule has 2 aliphatic rings. The second-order valence-corrected chi connectivity index (χ2v) is 6.99. The van der Waals surface area contributed by atoms with Gasteiger partial charge in [0.15, 0.2) is 0 Å². The number of hydrogen-bond donors (Lipinski definition) is 1. The number of nitro benzene ring substituents is 1. The number of nitro groups is 1. The molecule has 1 aliphatic carbocycles. The van der Waals surface area contributed by atoms with Crippen molar-refractivity contribution in [2.24, 2.45) is 5.92 Å². The van der Waals surface area contributed by atoms with Crippen molar-refractivity contribution in [3.05, 3.63) is 79.8 Å². The van der Waals surface area contributed by atoms with Crippen LogP contribution in [0.3, 0.4) is 0 Å². The van der Waals surface area contributed by atoms with Crippen LogP contribution in [0, 0.1) is 16.0 Å². The van der Waals surface area contributed by atoms with Crippen LogP contribution in [0.5, 0.6) is 0 Å². The lowest BCUT2D eigenvalue weighted by molar-refractivity contribution is -0.385. The molecule has 122 valence electrons. The van der Waals surface area contributed by atoms with Gasteiger partial charge in [0.05, 0.1) is 27.2 Å². The van der Waals surface area contributed by atoms with E-state index in [2.05, 4.69) is 17.5 Å². The van der Waals surface area contributed by atoms with E-state index < -0.39 is 0 Å². The van der Waals surface area contributed by atoms with Gasteiger partial charge >= 0.3 is 0 Å². The van der Waals surface area contributed by atoms with Crippen LogP contribution in [-0.2, 0) is 0 Å². The van der Waals surface area contributed by atoms with Crippen LogP contribution in [0.4, 0.5) is 11.4 Å². The monoisotopic (exact) mass is 360 g/mol. The lowest BCUT2D eigenvalue weighted by Crippen LogP contribution is -2.29. The van der Waals surface area contributed by atoms with Crippen molar-refractivity contribution in [1.82, 2.24) is 0 Å². The van der Waals surface area contributed by atoms with Crippen molar-refractivity contribution in [1.29, 1.82) is 0 Å². The number of halogens is 2. The Labute approximate surface area is 149 Å². The summed E-state index contributed by atoms with van der Waals surface area (Å²) in [4.78, 5) is 11.1. The van der Waals surface area contributed by atoms with Gasteiger partial charge in [-0.25, -0.2) is 0 Å².